The number of anilines is 1. The molecular formula is C31H34N2O8. The number of fused-ring (bicyclic) bond motifs is 1. The van der Waals surface area contributed by atoms with E-state index in [2.05, 4.69) is 5.32 Å². The molecule has 2 aliphatic rings. The minimum absolute atomic E-state index is 0.121. The molecular weight excluding hydrogens is 528 g/mol. The van der Waals surface area contributed by atoms with E-state index in [0.717, 1.165) is 5.56 Å². The highest BCUT2D eigenvalue weighted by Crippen LogP contribution is 2.46. The number of hydrogen-bond acceptors (Lipinski definition) is 8. The number of carbonyl (C=O) groups is 2. The van der Waals surface area contributed by atoms with Crippen LogP contribution in [0.1, 0.15) is 24.4 Å². The summed E-state index contributed by atoms with van der Waals surface area (Å²) in [6.07, 6.45) is 0.232. The van der Waals surface area contributed by atoms with Gasteiger partial charge in [0.15, 0.2) is 23.0 Å². The fourth-order valence-electron chi connectivity index (χ4n) is 5.37. The normalized spacial score (nSPS) is 19.8. The first kappa shape index (κ1) is 27.9. The van der Waals surface area contributed by atoms with Crippen molar-refractivity contribution in [1.82, 2.24) is 5.32 Å². The molecule has 1 fully saturated rings. The predicted molar refractivity (Wildman–Crippen MR) is 151 cm³/mol. The fourth-order valence-corrected chi connectivity index (χ4v) is 5.37. The van der Waals surface area contributed by atoms with E-state index >= 15 is 0 Å². The lowest BCUT2D eigenvalue weighted by Crippen LogP contribution is -2.50. The lowest BCUT2D eigenvalue weighted by Gasteiger charge is -2.41. The van der Waals surface area contributed by atoms with Gasteiger partial charge in [0.2, 0.25) is 17.6 Å². The first-order valence-corrected chi connectivity index (χ1v) is 13.4. The van der Waals surface area contributed by atoms with Crippen LogP contribution in [-0.2, 0) is 9.59 Å². The number of rotatable bonds is 9. The number of methoxy groups -OCH3 is 4. The van der Waals surface area contributed by atoms with Crippen LogP contribution in [0.25, 0.3) is 0 Å². The van der Waals surface area contributed by atoms with Gasteiger partial charge in [-0.3, -0.25) is 9.59 Å². The number of nitrogens with zero attached hydrogens (tertiary/aromatic N) is 1. The topological polar surface area (TPSA) is 105 Å². The first-order valence-electron chi connectivity index (χ1n) is 13.4. The zero-order valence-electron chi connectivity index (χ0n) is 23.5. The molecule has 0 aliphatic carbocycles. The number of nitrogens with one attached hydrogen (secondary N) is 1. The van der Waals surface area contributed by atoms with E-state index in [1.54, 1.807) is 24.1 Å². The number of ether oxygens (including phenoxy) is 6. The highest BCUT2D eigenvalue weighted by Gasteiger charge is 2.42. The predicted octanol–water partition coefficient (Wildman–Crippen LogP) is 4.16. The quantitative estimate of drug-likeness (QED) is 0.415. The van der Waals surface area contributed by atoms with E-state index in [9.17, 15) is 9.59 Å². The van der Waals surface area contributed by atoms with E-state index in [0.29, 0.717) is 53.2 Å². The molecule has 3 aromatic carbocycles. The van der Waals surface area contributed by atoms with Gasteiger partial charge in [-0.2, -0.15) is 0 Å². The van der Waals surface area contributed by atoms with Crippen molar-refractivity contribution in [2.45, 2.75) is 25.0 Å². The molecule has 10 heteroatoms. The Kier molecular flexibility index (Phi) is 8.37. The summed E-state index contributed by atoms with van der Waals surface area (Å²) in [5, 5.41) is 3.05. The van der Waals surface area contributed by atoms with Gasteiger partial charge in [-0.05, 0) is 36.2 Å². The smallest absolute Gasteiger partial charge is 0.227 e. The van der Waals surface area contributed by atoms with Crippen molar-refractivity contribution in [2.75, 3.05) is 46.5 Å². The molecule has 0 spiro atoms. The third-order valence-electron chi connectivity index (χ3n) is 7.39. The van der Waals surface area contributed by atoms with Crippen molar-refractivity contribution in [3.8, 4) is 34.5 Å². The SMILES string of the molecule is COc1ccc([C@@H]2[C@@H](C(=O)NC[C@@H]3COc4ccccc4O3)CCC(=O)N2c2cc(OC)c(OC)c(OC)c2)cc1. The summed E-state index contributed by atoms with van der Waals surface area (Å²) in [6.45, 7) is 0.580. The Morgan fingerprint density at radius 1 is 0.927 bits per heavy atom. The Morgan fingerprint density at radius 2 is 1.61 bits per heavy atom. The number of piperidine rings is 1. The van der Waals surface area contributed by atoms with Crippen molar-refractivity contribution in [3.05, 3.63) is 66.2 Å². The minimum atomic E-state index is -0.603. The molecule has 3 atom stereocenters. The lowest BCUT2D eigenvalue weighted by molar-refractivity contribution is -0.129. The summed E-state index contributed by atoms with van der Waals surface area (Å²) < 4.78 is 33.8. The molecule has 2 heterocycles. The Bertz CT molecular complexity index is 1370. The zero-order valence-corrected chi connectivity index (χ0v) is 23.5. The minimum Gasteiger partial charge on any atom is -0.497 e. The van der Waals surface area contributed by atoms with Crippen LogP contribution >= 0.6 is 0 Å². The highest BCUT2D eigenvalue weighted by atomic mass is 16.6. The number of para-hydroxylation sites is 2. The van der Waals surface area contributed by atoms with Crippen LogP contribution in [0.5, 0.6) is 34.5 Å². The summed E-state index contributed by atoms with van der Waals surface area (Å²) in [4.78, 5) is 29.0. The first-order chi connectivity index (χ1) is 20.0. The third kappa shape index (κ3) is 5.68. The molecule has 1 N–H and O–H groups in total. The van der Waals surface area contributed by atoms with Crippen molar-refractivity contribution >= 4 is 17.5 Å². The zero-order chi connectivity index (χ0) is 28.9. The van der Waals surface area contributed by atoms with Crippen LogP contribution in [-0.4, -0.2) is 59.5 Å². The van der Waals surface area contributed by atoms with Gasteiger partial charge in [0, 0.05) is 18.6 Å². The number of amides is 2. The van der Waals surface area contributed by atoms with Gasteiger partial charge in [-0.1, -0.05) is 24.3 Å². The van der Waals surface area contributed by atoms with Crippen LogP contribution in [0.2, 0.25) is 0 Å². The third-order valence-corrected chi connectivity index (χ3v) is 7.39. The van der Waals surface area contributed by atoms with Gasteiger partial charge >= 0.3 is 0 Å². The molecule has 3 aromatic rings. The van der Waals surface area contributed by atoms with E-state index < -0.39 is 12.0 Å². The van der Waals surface area contributed by atoms with Crippen LogP contribution in [0.4, 0.5) is 5.69 Å². The van der Waals surface area contributed by atoms with Crippen LogP contribution in [0, 0.1) is 5.92 Å². The number of carbonyl (C=O) groups excluding carboxylic acids is 2. The Hall–Kier alpha value is -4.60. The number of benzene rings is 3. The average Bonchev–Trinajstić information content (AvgIpc) is 3.02. The Labute approximate surface area is 239 Å². The largest absolute Gasteiger partial charge is 0.497 e. The van der Waals surface area contributed by atoms with Crippen molar-refractivity contribution in [1.29, 1.82) is 0 Å². The van der Waals surface area contributed by atoms with Crippen molar-refractivity contribution in [3.63, 3.8) is 0 Å². The maximum Gasteiger partial charge on any atom is 0.227 e. The molecule has 2 amide bonds. The molecule has 1 saturated heterocycles. The second kappa shape index (κ2) is 12.3. The maximum absolute atomic E-state index is 13.8. The van der Waals surface area contributed by atoms with E-state index in [4.69, 9.17) is 28.4 Å². The summed E-state index contributed by atoms with van der Waals surface area (Å²) in [6, 6.07) is 17.7. The molecule has 0 aromatic heterocycles. The highest BCUT2D eigenvalue weighted by molar-refractivity contribution is 5.98. The van der Waals surface area contributed by atoms with Crippen molar-refractivity contribution < 1.29 is 38.0 Å². The van der Waals surface area contributed by atoms with Crippen molar-refractivity contribution in [2.24, 2.45) is 5.92 Å². The van der Waals surface area contributed by atoms with Crippen LogP contribution in [0.15, 0.2) is 60.7 Å². The standard InChI is InChI=1S/C31H34N2O8/c1-36-21-11-9-19(10-12-21)29-23(31(35)32-17-22-18-40-24-7-5-6-8-25(24)41-22)13-14-28(34)33(29)20-15-26(37-2)30(39-4)27(16-20)38-3/h5-12,15-16,22-23,29H,13-14,17-18H2,1-4H3,(H,32,35)/t22-,23+,29-/m1/s1. The average molecular weight is 563 g/mol. The second-order valence-corrected chi connectivity index (χ2v) is 9.75. The molecule has 216 valence electrons. The second-order valence-electron chi connectivity index (χ2n) is 9.75. The molecule has 10 nitrogen and oxygen atoms in total. The molecule has 5 rings (SSSR count). The van der Waals surface area contributed by atoms with Gasteiger partial charge in [-0.15, -0.1) is 0 Å². The summed E-state index contributed by atoms with van der Waals surface area (Å²) in [5.41, 5.74) is 1.32. The molecule has 0 bridgehead atoms. The summed E-state index contributed by atoms with van der Waals surface area (Å²) in [7, 11) is 6.15. The van der Waals surface area contributed by atoms with Gasteiger partial charge in [-0.25, -0.2) is 0 Å². The molecule has 0 saturated carbocycles. The molecule has 0 unspecified atom stereocenters. The summed E-state index contributed by atoms with van der Waals surface area (Å²) in [5.74, 6) is 2.38. The monoisotopic (exact) mass is 562 g/mol. The summed E-state index contributed by atoms with van der Waals surface area (Å²) >= 11 is 0. The maximum atomic E-state index is 13.8. The Morgan fingerprint density at radius 3 is 2.24 bits per heavy atom. The molecule has 2 aliphatic heterocycles. The van der Waals surface area contributed by atoms with E-state index in [1.807, 2.05) is 48.5 Å². The van der Waals surface area contributed by atoms with E-state index in [1.165, 1.54) is 21.3 Å². The lowest BCUT2D eigenvalue weighted by atomic mass is 9.83. The van der Waals surface area contributed by atoms with Crippen LogP contribution < -0.4 is 38.6 Å². The van der Waals surface area contributed by atoms with Gasteiger partial charge in [0.05, 0.1) is 52.6 Å². The number of hydrogen-bond donors (Lipinski definition) is 1. The van der Waals surface area contributed by atoms with Crippen LogP contribution in [0.3, 0.4) is 0 Å². The fraction of sp³-hybridized carbons (Fsp3) is 0.355. The van der Waals surface area contributed by atoms with Gasteiger partial charge in [0.25, 0.3) is 0 Å². The van der Waals surface area contributed by atoms with Gasteiger partial charge in [0.1, 0.15) is 18.5 Å². The molecule has 41 heavy (non-hydrogen) atoms. The van der Waals surface area contributed by atoms with Gasteiger partial charge < -0.3 is 38.6 Å². The van der Waals surface area contributed by atoms with E-state index in [-0.39, 0.29) is 30.9 Å². The Balaban J connectivity index is 1.46. The molecule has 0 radical (unpaired) electrons.